The fourth-order valence-corrected chi connectivity index (χ4v) is 2.57. The fraction of sp³-hybridized carbons (Fsp3) is 0.357. The van der Waals surface area contributed by atoms with Crippen LogP contribution in [0.5, 0.6) is 0 Å². The number of nitrogens with one attached hydrogen (secondary N) is 1. The number of hydrogen-bond donors (Lipinski definition) is 1. The second-order valence-electron chi connectivity index (χ2n) is 4.44. The van der Waals surface area contributed by atoms with Gasteiger partial charge < -0.3 is 5.32 Å². The molecule has 2 rings (SSSR count). The smallest absolute Gasteiger partial charge is 0.280 e. The van der Waals surface area contributed by atoms with Crippen molar-refractivity contribution in [2.75, 3.05) is 11.9 Å². The van der Waals surface area contributed by atoms with Gasteiger partial charge in [0.2, 0.25) is 0 Å². The number of fused-ring (bicyclic) bond motifs is 1. The van der Waals surface area contributed by atoms with Crippen LogP contribution in [-0.2, 0) is 0 Å². The maximum atomic E-state index is 12.9. The fourth-order valence-electron chi connectivity index (χ4n) is 1.99. The minimum atomic E-state index is -2.56. The van der Waals surface area contributed by atoms with Crippen molar-refractivity contribution in [3.63, 3.8) is 0 Å². The lowest BCUT2D eigenvalue weighted by Crippen LogP contribution is -2.03. The highest BCUT2D eigenvalue weighted by molar-refractivity contribution is 9.10. The van der Waals surface area contributed by atoms with Gasteiger partial charge in [-0.3, -0.25) is 0 Å². The van der Waals surface area contributed by atoms with Crippen molar-refractivity contribution in [3.05, 3.63) is 33.9 Å². The van der Waals surface area contributed by atoms with Gasteiger partial charge >= 0.3 is 0 Å². The predicted octanol–water partition coefficient (Wildman–Crippen LogP) is 5.07. The Bertz CT molecular complexity index is 600. The van der Waals surface area contributed by atoms with E-state index in [2.05, 4.69) is 26.2 Å². The number of aromatic nitrogens is 1. The molecular weight excluding hydrogens is 314 g/mol. The molecular formula is C14H15BrF2N2. The SMILES string of the molecule is CCCNc1cc(C(F)F)nc2c(C)cc(Br)cc12. The van der Waals surface area contributed by atoms with E-state index in [0.717, 1.165) is 28.4 Å². The number of pyridine rings is 1. The predicted molar refractivity (Wildman–Crippen MR) is 77.9 cm³/mol. The van der Waals surface area contributed by atoms with Gasteiger partial charge in [0.1, 0.15) is 5.69 Å². The summed E-state index contributed by atoms with van der Waals surface area (Å²) < 4.78 is 26.7. The van der Waals surface area contributed by atoms with Crippen molar-refractivity contribution >= 4 is 32.5 Å². The molecule has 5 heteroatoms. The van der Waals surface area contributed by atoms with Gasteiger partial charge in [0, 0.05) is 22.1 Å². The van der Waals surface area contributed by atoms with Crippen LogP contribution in [0.3, 0.4) is 0 Å². The van der Waals surface area contributed by atoms with Gasteiger partial charge in [-0.15, -0.1) is 0 Å². The number of hydrogen-bond acceptors (Lipinski definition) is 2. The minimum Gasteiger partial charge on any atom is -0.384 e. The average Bonchev–Trinajstić information content (AvgIpc) is 2.35. The van der Waals surface area contributed by atoms with E-state index in [4.69, 9.17) is 0 Å². The lowest BCUT2D eigenvalue weighted by Gasteiger charge is -2.13. The van der Waals surface area contributed by atoms with E-state index < -0.39 is 6.43 Å². The van der Waals surface area contributed by atoms with Crippen LogP contribution in [0.2, 0.25) is 0 Å². The molecule has 0 amide bonds. The quantitative estimate of drug-likeness (QED) is 0.847. The zero-order valence-corrected chi connectivity index (χ0v) is 12.4. The Morgan fingerprint density at radius 1 is 1.32 bits per heavy atom. The third kappa shape index (κ3) is 3.03. The van der Waals surface area contributed by atoms with Crippen LogP contribution < -0.4 is 5.32 Å². The van der Waals surface area contributed by atoms with Gasteiger partial charge in [0.15, 0.2) is 0 Å². The zero-order valence-electron chi connectivity index (χ0n) is 10.8. The monoisotopic (exact) mass is 328 g/mol. The average molecular weight is 329 g/mol. The normalized spacial score (nSPS) is 11.3. The first-order valence-corrected chi connectivity index (χ1v) is 6.95. The third-order valence-electron chi connectivity index (χ3n) is 2.88. The Labute approximate surface area is 119 Å². The highest BCUT2D eigenvalue weighted by Crippen LogP contribution is 2.31. The number of benzene rings is 1. The summed E-state index contributed by atoms with van der Waals surface area (Å²) in [6.45, 7) is 4.65. The number of aryl methyl sites for hydroxylation is 1. The molecule has 1 aromatic carbocycles. The summed E-state index contributed by atoms with van der Waals surface area (Å²) in [5, 5.41) is 4.06. The van der Waals surface area contributed by atoms with Crippen LogP contribution in [0.15, 0.2) is 22.7 Å². The van der Waals surface area contributed by atoms with Crippen molar-refractivity contribution in [2.24, 2.45) is 0 Å². The Morgan fingerprint density at radius 3 is 2.68 bits per heavy atom. The van der Waals surface area contributed by atoms with Crippen molar-refractivity contribution in [2.45, 2.75) is 26.7 Å². The molecule has 0 unspecified atom stereocenters. The van der Waals surface area contributed by atoms with Gasteiger partial charge in [-0.1, -0.05) is 22.9 Å². The second kappa shape index (κ2) is 5.82. The number of anilines is 1. The molecule has 102 valence electrons. The summed E-state index contributed by atoms with van der Waals surface area (Å²) in [6.07, 6.45) is -1.63. The van der Waals surface area contributed by atoms with Crippen molar-refractivity contribution in [3.8, 4) is 0 Å². The minimum absolute atomic E-state index is 0.184. The third-order valence-corrected chi connectivity index (χ3v) is 3.34. The molecule has 1 heterocycles. The van der Waals surface area contributed by atoms with Crippen LogP contribution in [0, 0.1) is 6.92 Å². The maximum absolute atomic E-state index is 12.9. The second-order valence-corrected chi connectivity index (χ2v) is 5.36. The number of rotatable bonds is 4. The van der Waals surface area contributed by atoms with E-state index in [1.54, 1.807) is 0 Å². The number of nitrogens with zero attached hydrogens (tertiary/aromatic N) is 1. The molecule has 0 saturated carbocycles. The van der Waals surface area contributed by atoms with Crippen molar-refractivity contribution < 1.29 is 8.78 Å². The molecule has 0 radical (unpaired) electrons. The van der Waals surface area contributed by atoms with Gasteiger partial charge in [-0.05, 0) is 37.1 Å². The molecule has 0 saturated heterocycles. The molecule has 19 heavy (non-hydrogen) atoms. The van der Waals surface area contributed by atoms with Gasteiger partial charge in [0.25, 0.3) is 6.43 Å². The van der Waals surface area contributed by atoms with E-state index in [9.17, 15) is 8.78 Å². The molecule has 1 aromatic heterocycles. The lowest BCUT2D eigenvalue weighted by molar-refractivity contribution is 0.146. The molecule has 0 aliphatic carbocycles. The first-order valence-electron chi connectivity index (χ1n) is 6.15. The van der Waals surface area contributed by atoms with E-state index in [-0.39, 0.29) is 5.69 Å². The van der Waals surface area contributed by atoms with Crippen molar-refractivity contribution in [1.82, 2.24) is 4.98 Å². The Balaban J connectivity index is 2.67. The summed E-state index contributed by atoms with van der Waals surface area (Å²) >= 11 is 3.43. The first kappa shape index (κ1) is 14.2. The van der Waals surface area contributed by atoms with Crippen LogP contribution in [0.25, 0.3) is 10.9 Å². The van der Waals surface area contributed by atoms with Crippen LogP contribution in [-0.4, -0.2) is 11.5 Å². The Kier molecular flexibility index (Phi) is 4.34. The summed E-state index contributed by atoms with van der Waals surface area (Å²) in [4.78, 5) is 4.07. The van der Waals surface area contributed by atoms with Crippen molar-refractivity contribution in [1.29, 1.82) is 0 Å². The molecule has 0 atom stereocenters. The molecule has 0 fully saturated rings. The number of alkyl halides is 2. The molecule has 2 aromatic rings. The first-order chi connectivity index (χ1) is 9.02. The molecule has 0 aliphatic rings. The maximum Gasteiger partial charge on any atom is 0.280 e. The lowest BCUT2D eigenvalue weighted by atomic mass is 10.1. The molecule has 2 nitrogen and oxygen atoms in total. The van der Waals surface area contributed by atoms with Gasteiger partial charge in [-0.25, -0.2) is 13.8 Å². The summed E-state index contributed by atoms with van der Waals surface area (Å²) in [5.41, 5.74) is 2.04. The van der Waals surface area contributed by atoms with Crippen LogP contribution in [0.4, 0.5) is 14.5 Å². The largest absolute Gasteiger partial charge is 0.384 e. The topological polar surface area (TPSA) is 24.9 Å². The molecule has 0 bridgehead atoms. The number of halogens is 3. The summed E-state index contributed by atoms with van der Waals surface area (Å²) in [5.74, 6) is 0. The van der Waals surface area contributed by atoms with E-state index in [1.165, 1.54) is 6.07 Å². The van der Waals surface area contributed by atoms with Crippen LogP contribution in [0.1, 0.15) is 31.0 Å². The highest BCUT2D eigenvalue weighted by atomic mass is 79.9. The van der Waals surface area contributed by atoms with Crippen LogP contribution >= 0.6 is 15.9 Å². The van der Waals surface area contributed by atoms with Gasteiger partial charge in [-0.2, -0.15) is 0 Å². The molecule has 0 aliphatic heterocycles. The zero-order chi connectivity index (χ0) is 14.0. The van der Waals surface area contributed by atoms with E-state index in [1.807, 2.05) is 26.0 Å². The Hall–Kier alpha value is -1.23. The molecule has 0 spiro atoms. The van der Waals surface area contributed by atoms with E-state index >= 15 is 0 Å². The standard InChI is InChI=1S/C14H15BrF2N2/c1-3-4-18-11-7-12(14(16)17)19-13-8(2)5-9(15)6-10(11)13/h5-7,14H,3-4H2,1-2H3,(H,18,19). The summed E-state index contributed by atoms with van der Waals surface area (Å²) in [7, 11) is 0. The highest BCUT2D eigenvalue weighted by Gasteiger charge is 2.14. The molecule has 1 N–H and O–H groups in total. The summed E-state index contributed by atoms with van der Waals surface area (Å²) in [6, 6.07) is 5.23. The van der Waals surface area contributed by atoms with E-state index in [0.29, 0.717) is 11.2 Å². The Morgan fingerprint density at radius 2 is 2.05 bits per heavy atom. The van der Waals surface area contributed by atoms with Gasteiger partial charge in [0.05, 0.1) is 5.52 Å².